The first-order valence-corrected chi connectivity index (χ1v) is 11.0. The molecular weight excluding hydrogens is 374 g/mol. The summed E-state index contributed by atoms with van der Waals surface area (Å²) in [5.74, 6) is -0.253. The second-order valence-electron chi connectivity index (χ2n) is 9.16. The highest BCUT2D eigenvalue weighted by Crippen LogP contribution is 2.45. The van der Waals surface area contributed by atoms with Crippen molar-refractivity contribution in [3.8, 4) is 0 Å². The molecule has 5 heteroatoms. The highest BCUT2D eigenvalue weighted by atomic mass is 16.2. The van der Waals surface area contributed by atoms with Crippen molar-refractivity contribution in [2.75, 3.05) is 13.1 Å². The summed E-state index contributed by atoms with van der Waals surface area (Å²) in [7, 11) is 0. The van der Waals surface area contributed by atoms with Crippen LogP contribution in [0.5, 0.6) is 0 Å². The van der Waals surface area contributed by atoms with Crippen LogP contribution in [-0.2, 0) is 20.4 Å². The van der Waals surface area contributed by atoms with E-state index < -0.39 is 16.7 Å². The van der Waals surface area contributed by atoms with Crippen molar-refractivity contribution in [1.82, 2.24) is 9.88 Å². The van der Waals surface area contributed by atoms with Crippen LogP contribution in [-0.4, -0.2) is 34.8 Å². The zero-order chi connectivity index (χ0) is 21.4. The van der Waals surface area contributed by atoms with Gasteiger partial charge in [0.15, 0.2) is 0 Å². The molecule has 1 aliphatic heterocycles. The Kier molecular flexibility index (Phi) is 5.39. The van der Waals surface area contributed by atoms with Gasteiger partial charge in [-0.05, 0) is 57.2 Å². The number of pyridine rings is 1. The fraction of sp³-hybridized carbons (Fsp3) is 0.480. The van der Waals surface area contributed by atoms with Crippen LogP contribution in [0.25, 0.3) is 0 Å². The van der Waals surface area contributed by atoms with Crippen molar-refractivity contribution in [1.29, 1.82) is 0 Å². The van der Waals surface area contributed by atoms with Crippen LogP contribution in [0.3, 0.4) is 0 Å². The number of nitrogens with two attached hydrogens (primary N) is 1. The number of likely N-dealkylation sites (tertiary alicyclic amines) is 1. The average molecular weight is 406 g/mol. The minimum Gasteiger partial charge on any atom is -0.369 e. The Hall–Kier alpha value is -2.69. The lowest BCUT2D eigenvalue weighted by Gasteiger charge is -2.44. The monoisotopic (exact) mass is 405 g/mol. The predicted molar refractivity (Wildman–Crippen MR) is 117 cm³/mol. The Balaban J connectivity index is 1.71. The molecule has 2 heterocycles. The highest BCUT2D eigenvalue weighted by molar-refractivity contribution is 5.91. The van der Waals surface area contributed by atoms with Gasteiger partial charge in [0.05, 0.1) is 11.1 Å². The molecule has 30 heavy (non-hydrogen) atoms. The number of benzene rings is 1. The van der Waals surface area contributed by atoms with Crippen LogP contribution in [0, 0.1) is 13.8 Å². The lowest BCUT2D eigenvalue weighted by Crippen LogP contribution is -2.58. The highest BCUT2D eigenvalue weighted by Gasteiger charge is 2.50. The molecule has 2 N–H and O–H groups in total. The van der Waals surface area contributed by atoms with E-state index in [1.165, 1.54) is 11.1 Å². The van der Waals surface area contributed by atoms with E-state index in [0.29, 0.717) is 25.2 Å². The first-order chi connectivity index (χ1) is 14.4. The van der Waals surface area contributed by atoms with Gasteiger partial charge in [0.25, 0.3) is 0 Å². The lowest BCUT2D eigenvalue weighted by atomic mass is 9.73. The zero-order valence-electron chi connectivity index (χ0n) is 18.0. The largest absolute Gasteiger partial charge is 0.369 e. The SMILES string of the molecule is Cc1cc(C)cc(C2(C(=O)N3CCC[C@@](C(N)=O)(c4ccccn4)C3)CCCC2)c1. The third kappa shape index (κ3) is 3.40. The molecule has 158 valence electrons. The molecule has 4 rings (SSSR count). The second kappa shape index (κ2) is 7.86. The molecule has 1 aromatic heterocycles. The van der Waals surface area contributed by atoms with Gasteiger partial charge in [0, 0.05) is 19.3 Å². The maximum atomic E-state index is 14.0. The number of rotatable bonds is 4. The predicted octanol–water partition coefficient (Wildman–Crippen LogP) is 3.56. The van der Waals surface area contributed by atoms with Crippen LogP contribution in [0.4, 0.5) is 0 Å². The summed E-state index contributed by atoms with van der Waals surface area (Å²) in [6.45, 7) is 5.14. The molecule has 0 radical (unpaired) electrons. The van der Waals surface area contributed by atoms with Crippen molar-refractivity contribution in [3.05, 3.63) is 65.0 Å². The number of hydrogen-bond acceptors (Lipinski definition) is 3. The summed E-state index contributed by atoms with van der Waals surface area (Å²) in [5.41, 5.74) is 8.65. The Bertz CT molecular complexity index is 930. The van der Waals surface area contributed by atoms with Crippen molar-refractivity contribution < 1.29 is 9.59 Å². The molecule has 0 unspecified atom stereocenters. The molecular formula is C25H31N3O2. The van der Waals surface area contributed by atoms with Crippen LogP contribution in [0.1, 0.15) is 60.9 Å². The summed E-state index contributed by atoms with van der Waals surface area (Å²) in [5, 5.41) is 0. The summed E-state index contributed by atoms with van der Waals surface area (Å²) in [4.78, 5) is 33.0. The fourth-order valence-corrected chi connectivity index (χ4v) is 5.57. The van der Waals surface area contributed by atoms with Gasteiger partial charge in [-0.15, -0.1) is 0 Å². The summed E-state index contributed by atoms with van der Waals surface area (Å²) < 4.78 is 0. The molecule has 0 spiro atoms. The van der Waals surface area contributed by atoms with Gasteiger partial charge in [-0.3, -0.25) is 14.6 Å². The number of nitrogens with zero attached hydrogens (tertiary/aromatic N) is 2. The fourth-order valence-electron chi connectivity index (χ4n) is 5.57. The van der Waals surface area contributed by atoms with Crippen LogP contribution in [0.2, 0.25) is 0 Å². The Morgan fingerprint density at radius 1 is 0.967 bits per heavy atom. The third-order valence-electron chi connectivity index (χ3n) is 7.05. The van der Waals surface area contributed by atoms with Gasteiger partial charge < -0.3 is 10.6 Å². The van der Waals surface area contributed by atoms with Gasteiger partial charge in [0.2, 0.25) is 11.8 Å². The third-order valence-corrected chi connectivity index (χ3v) is 7.05. The molecule has 1 aliphatic carbocycles. The average Bonchev–Trinajstić information content (AvgIpc) is 3.24. The van der Waals surface area contributed by atoms with Crippen LogP contribution in [0.15, 0.2) is 42.6 Å². The Morgan fingerprint density at radius 3 is 2.23 bits per heavy atom. The number of aryl methyl sites for hydroxylation is 2. The van der Waals surface area contributed by atoms with Gasteiger partial charge in [-0.2, -0.15) is 0 Å². The summed E-state index contributed by atoms with van der Waals surface area (Å²) in [6, 6.07) is 12.0. The molecule has 1 saturated carbocycles. The van der Waals surface area contributed by atoms with E-state index >= 15 is 0 Å². The first-order valence-electron chi connectivity index (χ1n) is 11.0. The minimum absolute atomic E-state index is 0.145. The molecule has 2 fully saturated rings. The summed E-state index contributed by atoms with van der Waals surface area (Å²) in [6.07, 6.45) is 6.88. The minimum atomic E-state index is -0.919. The number of primary amides is 1. The van der Waals surface area contributed by atoms with Gasteiger partial charge in [0.1, 0.15) is 5.41 Å². The molecule has 1 saturated heterocycles. The number of aromatic nitrogens is 1. The van der Waals surface area contributed by atoms with Gasteiger partial charge >= 0.3 is 0 Å². The maximum absolute atomic E-state index is 14.0. The number of piperidine rings is 1. The summed E-state index contributed by atoms with van der Waals surface area (Å²) >= 11 is 0. The van der Waals surface area contributed by atoms with Crippen molar-refractivity contribution in [3.63, 3.8) is 0 Å². The second-order valence-corrected chi connectivity index (χ2v) is 9.16. The molecule has 2 aromatic rings. The van der Waals surface area contributed by atoms with Gasteiger partial charge in [-0.1, -0.05) is 48.2 Å². The molecule has 2 amide bonds. The van der Waals surface area contributed by atoms with E-state index in [4.69, 9.17) is 5.73 Å². The van der Waals surface area contributed by atoms with E-state index in [9.17, 15) is 9.59 Å². The van der Waals surface area contributed by atoms with E-state index in [2.05, 4.69) is 37.0 Å². The van der Waals surface area contributed by atoms with E-state index in [1.807, 2.05) is 23.1 Å². The normalized spacial score (nSPS) is 23.3. The topological polar surface area (TPSA) is 76.3 Å². The zero-order valence-corrected chi connectivity index (χ0v) is 18.0. The first kappa shape index (κ1) is 20.6. The number of carbonyl (C=O) groups is 2. The maximum Gasteiger partial charge on any atom is 0.233 e. The Labute approximate surface area is 178 Å². The standard InChI is InChI=1S/C25H31N3O2/c1-18-14-19(2)16-20(15-18)24(9-4-5-10-24)23(30)28-13-7-11-25(17-28,22(26)29)21-8-3-6-12-27-21/h3,6,8,12,14-16H,4-5,7,9-11,13,17H2,1-2H3,(H2,26,29)/t25-/m0/s1. The number of hydrogen-bond donors (Lipinski definition) is 1. The van der Waals surface area contributed by atoms with E-state index in [-0.39, 0.29) is 5.91 Å². The molecule has 1 aromatic carbocycles. The van der Waals surface area contributed by atoms with E-state index in [1.54, 1.807) is 6.20 Å². The van der Waals surface area contributed by atoms with Crippen molar-refractivity contribution >= 4 is 11.8 Å². The van der Waals surface area contributed by atoms with Crippen LogP contribution < -0.4 is 5.73 Å². The van der Waals surface area contributed by atoms with Crippen molar-refractivity contribution in [2.24, 2.45) is 5.73 Å². The molecule has 5 nitrogen and oxygen atoms in total. The molecule has 2 aliphatic rings. The number of amides is 2. The van der Waals surface area contributed by atoms with Crippen LogP contribution >= 0.6 is 0 Å². The molecule has 0 bridgehead atoms. The van der Waals surface area contributed by atoms with Crippen molar-refractivity contribution in [2.45, 2.75) is 63.2 Å². The quantitative estimate of drug-likeness (QED) is 0.845. The molecule has 1 atom stereocenters. The van der Waals surface area contributed by atoms with Gasteiger partial charge in [-0.25, -0.2) is 0 Å². The van der Waals surface area contributed by atoms with E-state index in [0.717, 1.165) is 37.7 Å². The smallest absolute Gasteiger partial charge is 0.233 e. The Morgan fingerprint density at radius 2 is 1.63 bits per heavy atom. The lowest BCUT2D eigenvalue weighted by molar-refractivity contribution is -0.141. The number of carbonyl (C=O) groups excluding carboxylic acids is 2.